The molecule has 1 fully saturated rings. The zero-order valence-electron chi connectivity index (χ0n) is 16.3. The lowest BCUT2D eigenvalue weighted by Crippen LogP contribution is -2.40. The Labute approximate surface area is 179 Å². The van der Waals surface area contributed by atoms with Crippen LogP contribution in [0.3, 0.4) is 0 Å². The molecule has 1 atom stereocenters. The van der Waals surface area contributed by atoms with Gasteiger partial charge in [0, 0.05) is 23.7 Å². The number of hydrogen-bond donors (Lipinski definition) is 0. The molecule has 2 heterocycles. The molecule has 4 rings (SSSR count). The number of hydrogen-bond acceptors (Lipinski definition) is 5. The average Bonchev–Trinajstić information content (AvgIpc) is 3.05. The molecule has 1 aliphatic heterocycles. The lowest BCUT2D eigenvalue weighted by molar-refractivity contribution is 0.0648. The number of amides is 1. The third-order valence-electron chi connectivity index (χ3n) is 5.25. The summed E-state index contributed by atoms with van der Waals surface area (Å²) in [7, 11) is -3.22. The fourth-order valence-electron chi connectivity index (χ4n) is 3.74. The van der Waals surface area contributed by atoms with Gasteiger partial charge in [-0.2, -0.15) is 0 Å². The average molecular weight is 446 g/mol. The molecule has 2 aromatic carbocycles. The Morgan fingerprint density at radius 1 is 1.20 bits per heavy atom. The summed E-state index contributed by atoms with van der Waals surface area (Å²) in [5.74, 6) is -0.715. The van der Waals surface area contributed by atoms with E-state index in [0.29, 0.717) is 22.4 Å². The predicted octanol–water partition coefficient (Wildman–Crippen LogP) is 3.58. The summed E-state index contributed by atoms with van der Waals surface area (Å²) >= 11 is 6.07. The van der Waals surface area contributed by atoms with Crippen molar-refractivity contribution in [3.63, 3.8) is 0 Å². The maximum Gasteiger partial charge on any atom is 0.290 e. The largest absolute Gasteiger partial charge is 0.451 e. The molecule has 3 aromatic rings. The molecule has 0 bridgehead atoms. The van der Waals surface area contributed by atoms with Gasteiger partial charge in [0.1, 0.15) is 5.58 Å². The van der Waals surface area contributed by atoms with E-state index < -0.39 is 21.8 Å². The van der Waals surface area contributed by atoms with E-state index in [2.05, 4.69) is 0 Å². The second-order valence-corrected chi connectivity index (χ2v) is 10.3. The molecule has 0 spiro atoms. The predicted molar refractivity (Wildman–Crippen MR) is 116 cm³/mol. The van der Waals surface area contributed by atoms with Gasteiger partial charge in [-0.15, -0.1) is 0 Å². The van der Waals surface area contributed by atoms with Crippen molar-refractivity contribution in [2.24, 2.45) is 0 Å². The second-order valence-electron chi connectivity index (χ2n) is 7.59. The number of fused-ring (bicyclic) bond motifs is 1. The number of carbonyl (C=O) groups is 1. The first-order valence-corrected chi connectivity index (χ1v) is 11.7. The van der Waals surface area contributed by atoms with Crippen LogP contribution < -0.4 is 5.43 Å². The first-order valence-electron chi connectivity index (χ1n) is 9.52. The summed E-state index contributed by atoms with van der Waals surface area (Å²) in [6.07, 6.45) is 0.339. The summed E-state index contributed by atoms with van der Waals surface area (Å²) in [5.41, 5.74) is 1.68. The van der Waals surface area contributed by atoms with Crippen molar-refractivity contribution in [2.75, 3.05) is 11.5 Å². The number of benzene rings is 2. The molecule has 1 aliphatic rings. The lowest BCUT2D eigenvalue weighted by atomic mass is 10.1. The van der Waals surface area contributed by atoms with E-state index in [1.54, 1.807) is 36.4 Å². The van der Waals surface area contributed by atoms with Gasteiger partial charge in [0.15, 0.2) is 21.0 Å². The van der Waals surface area contributed by atoms with Crippen LogP contribution in [0, 0.1) is 6.92 Å². The number of carbonyl (C=O) groups excluding carboxylic acids is 1. The molecule has 0 aliphatic carbocycles. The first kappa shape index (κ1) is 20.6. The Bertz CT molecular complexity index is 1300. The Hall–Kier alpha value is -2.64. The molecule has 8 heteroatoms. The molecule has 0 N–H and O–H groups in total. The van der Waals surface area contributed by atoms with E-state index in [9.17, 15) is 18.0 Å². The molecular formula is C22H20ClNO5S. The molecule has 1 amide bonds. The van der Waals surface area contributed by atoms with Crippen molar-refractivity contribution in [3.8, 4) is 0 Å². The number of aryl methyl sites for hydroxylation is 1. The standard InChI is InChI=1S/C22H20ClNO5S/c1-14-5-6-20-18(9-14)19(25)11-21(29-20)22(26)24(17-7-8-30(27,28)13-17)12-15-3-2-4-16(23)10-15/h2-6,9-11,17H,7-8,12-13H2,1H3/t17-/m1/s1. The Morgan fingerprint density at radius 3 is 2.70 bits per heavy atom. The number of halogens is 1. The van der Waals surface area contributed by atoms with E-state index in [4.69, 9.17) is 16.0 Å². The van der Waals surface area contributed by atoms with Crippen molar-refractivity contribution in [3.05, 3.63) is 80.7 Å². The minimum atomic E-state index is -3.22. The van der Waals surface area contributed by atoms with Gasteiger partial charge in [0.2, 0.25) is 0 Å². The zero-order valence-corrected chi connectivity index (χ0v) is 17.9. The highest BCUT2D eigenvalue weighted by Gasteiger charge is 2.36. The molecule has 0 radical (unpaired) electrons. The Kier molecular flexibility index (Phi) is 5.42. The molecule has 156 valence electrons. The fourth-order valence-corrected chi connectivity index (χ4v) is 5.68. The molecule has 1 aromatic heterocycles. The minimum Gasteiger partial charge on any atom is -0.451 e. The topological polar surface area (TPSA) is 84.7 Å². The van der Waals surface area contributed by atoms with Crippen LogP contribution in [0.1, 0.15) is 28.1 Å². The Morgan fingerprint density at radius 2 is 2.00 bits per heavy atom. The number of nitrogens with zero attached hydrogens (tertiary/aromatic N) is 1. The third-order valence-corrected chi connectivity index (χ3v) is 7.23. The van der Waals surface area contributed by atoms with Crippen molar-refractivity contribution in [1.29, 1.82) is 0 Å². The summed E-state index contributed by atoms with van der Waals surface area (Å²) < 4.78 is 29.8. The van der Waals surface area contributed by atoms with Gasteiger partial charge in [-0.05, 0) is 43.2 Å². The van der Waals surface area contributed by atoms with Crippen LogP contribution in [0.2, 0.25) is 5.02 Å². The van der Waals surface area contributed by atoms with Crippen molar-refractivity contribution >= 4 is 38.3 Å². The highest BCUT2D eigenvalue weighted by Crippen LogP contribution is 2.24. The summed E-state index contributed by atoms with van der Waals surface area (Å²) in [5, 5.41) is 0.919. The van der Waals surface area contributed by atoms with E-state index in [0.717, 1.165) is 11.1 Å². The van der Waals surface area contributed by atoms with Crippen LogP contribution >= 0.6 is 11.6 Å². The van der Waals surface area contributed by atoms with Gasteiger partial charge in [0.25, 0.3) is 5.91 Å². The van der Waals surface area contributed by atoms with Crippen molar-refractivity contribution < 1.29 is 17.6 Å². The molecule has 0 unspecified atom stereocenters. The monoisotopic (exact) mass is 445 g/mol. The van der Waals surface area contributed by atoms with Crippen LogP contribution in [0.15, 0.2) is 57.7 Å². The molecule has 0 saturated carbocycles. The molecule has 1 saturated heterocycles. The highest BCUT2D eigenvalue weighted by atomic mass is 35.5. The summed E-state index contributed by atoms with van der Waals surface area (Å²) in [6.45, 7) is 2.03. The van der Waals surface area contributed by atoms with Gasteiger partial charge in [0.05, 0.1) is 16.9 Å². The van der Waals surface area contributed by atoms with E-state index >= 15 is 0 Å². The van der Waals surface area contributed by atoms with Crippen LogP contribution in [0.5, 0.6) is 0 Å². The van der Waals surface area contributed by atoms with Crippen molar-refractivity contribution in [1.82, 2.24) is 4.90 Å². The molecule has 6 nitrogen and oxygen atoms in total. The molecule has 30 heavy (non-hydrogen) atoms. The van der Waals surface area contributed by atoms with E-state index in [1.165, 1.54) is 11.0 Å². The van der Waals surface area contributed by atoms with E-state index in [-0.39, 0.29) is 29.2 Å². The normalized spacial score (nSPS) is 17.9. The van der Waals surface area contributed by atoms with Crippen molar-refractivity contribution in [2.45, 2.75) is 25.9 Å². The number of rotatable bonds is 4. The first-order chi connectivity index (χ1) is 14.2. The van der Waals surface area contributed by atoms with Crippen LogP contribution in [-0.4, -0.2) is 36.8 Å². The summed E-state index contributed by atoms with van der Waals surface area (Å²) in [6, 6.07) is 12.9. The van der Waals surface area contributed by atoms with Gasteiger partial charge in [-0.3, -0.25) is 9.59 Å². The summed E-state index contributed by atoms with van der Waals surface area (Å²) in [4.78, 5) is 27.4. The lowest BCUT2D eigenvalue weighted by Gasteiger charge is -2.28. The van der Waals surface area contributed by atoms with Crippen LogP contribution in [0.25, 0.3) is 11.0 Å². The Balaban J connectivity index is 1.74. The second kappa shape index (κ2) is 7.89. The zero-order chi connectivity index (χ0) is 21.5. The van der Waals surface area contributed by atoms with Crippen LogP contribution in [0.4, 0.5) is 0 Å². The SMILES string of the molecule is Cc1ccc2oc(C(=O)N(Cc3cccc(Cl)c3)[C@@H]3CCS(=O)(=O)C3)cc(=O)c2c1. The van der Waals surface area contributed by atoms with Gasteiger partial charge >= 0.3 is 0 Å². The maximum absolute atomic E-state index is 13.4. The van der Waals surface area contributed by atoms with Gasteiger partial charge in [-0.1, -0.05) is 35.4 Å². The third kappa shape index (κ3) is 4.27. The quantitative estimate of drug-likeness (QED) is 0.612. The molecular weight excluding hydrogens is 426 g/mol. The van der Waals surface area contributed by atoms with E-state index in [1.807, 2.05) is 13.0 Å². The minimum absolute atomic E-state index is 0.0257. The van der Waals surface area contributed by atoms with Crippen LogP contribution in [-0.2, 0) is 16.4 Å². The van der Waals surface area contributed by atoms with Gasteiger partial charge < -0.3 is 9.32 Å². The smallest absolute Gasteiger partial charge is 0.290 e. The number of sulfone groups is 1. The maximum atomic E-state index is 13.4. The van der Waals surface area contributed by atoms with Gasteiger partial charge in [-0.25, -0.2) is 8.42 Å². The highest BCUT2D eigenvalue weighted by molar-refractivity contribution is 7.91. The fraction of sp³-hybridized carbons (Fsp3) is 0.273.